The minimum Gasteiger partial charge on any atom is -0.0625 e. The van der Waals surface area contributed by atoms with Crippen molar-refractivity contribution in [2.75, 3.05) is 0 Å². The average molecular weight is 266 g/mol. The van der Waals surface area contributed by atoms with Crippen molar-refractivity contribution in [3.8, 4) is 0 Å². The Morgan fingerprint density at radius 2 is 1.65 bits per heavy atom. The summed E-state index contributed by atoms with van der Waals surface area (Å²) >= 11 is 0. The van der Waals surface area contributed by atoms with Crippen LogP contribution in [0.3, 0.4) is 0 Å². The van der Waals surface area contributed by atoms with Crippen molar-refractivity contribution in [1.29, 1.82) is 0 Å². The third-order valence-corrected chi connectivity index (χ3v) is 5.07. The fourth-order valence-corrected chi connectivity index (χ4v) is 3.71. The molecule has 0 heteroatoms. The Labute approximate surface area is 123 Å². The van der Waals surface area contributed by atoms with E-state index in [9.17, 15) is 0 Å². The summed E-state index contributed by atoms with van der Waals surface area (Å²) in [7, 11) is 0. The van der Waals surface area contributed by atoms with Crippen LogP contribution in [0, 0.1) is 11.8 Å². The van der Waals surface area contributed by atoms with Crippen molar-refractivity contribution in [2.45, 2.75) is 51.9 Å². The van der Waals surface area contributed by atoms with E-state index in [-0.39, 0.29) is 0 Å². The number of aryl methyl sites for hydroxylation is 1. The quantitative estimate of drug-likeness (QED) is 0.637. The van der Waals surface area contributed by atoms with Gasteiger partial charge in [-0.25, -0.2) is 0 Å². The zero-order valence-electron chi connectivity index (χ0n) is 12.6. The van der Waals surface area contributed by atoms with E-state index < -0.39 is 0 Å². The third kappa shape index (κ3) is 3.23. The van der Waals surface area contributed by atoms with Crippen molar-refractivity contribution in [3.63, 3.8) is 0 Å². The van der Waals surface area contributed by atoms with Crippen LogP contribution in [0.1, 0.15) is 51.0 Å². The van der Waals surface area contributed by atoms with Crippen LogP contribution >= 0.6 is 0 Å². The molecule has 0 saturated heterocycles. The van der Waals surface area contributed by atoms with Crippen molar-refractivity contribution in [1.82, 2.24) is 0 Å². The van der Waals surface area contributed by atoms with Crippen molar-refractivity contribution in [3.05, 3.63) is 48.0 Å². The maximum atomic E-state index is 2.41. The van der Waals surface area contributed by atoms with Crippen LogP contribution in [-0.4, -0.2) is 0 Å². The number of benzene rings is 2. The third-order valence-electron chi connectivity index (χ3n) is 5.07. The van der Waals surface area contributed by atoms with Gasteiger partial charge in [0.25, 0.3) is 0 Å². The molecule has 0 heterocycles. The first-order chi connectivity index (χ1) is 9.83. The standard InChI is InChI=1S/C20H26/c1-16-12-14-17(15-13-16)6-4-8-19-10-5-9-18-7-2-3-11-20(18)19/h2-3,5,7,9-11,16-17H,4,6,8,12-15H2,1H3. The number of fused-ring (bicyclic) bond motifs is 1. The van der Waals surface area contributed by atoms with E-state index in [1.165, 1.54) is 61.3 Å². The highest BCUT2D eigenvalue weighted by Gasteiger charge is 2.17. The Balaban J connectivity index is 1.57. The van der Waals surface area contributed by atoms with Crippen molar-refractivity contribution in [2.24, 2.45) is 11.8 Å². The molecule has 0 radical (unpaired) electrons. The molecule has 2 aromatic carbocycles. The van der Waals surface area contributed by atoms with Gasteiger partial charge in [0.15, 0.2) is 0 Å². The van der Waals surface area contributed by atoms with E-state index in [1.807, 2.05) is 0 Å². The van der Waals surface area contributed by atoms with Gasteiger partial charge in [0.1, 0.15) is 0 Å². The maximum absolute atomic E-state index is 2.41. The molecule has 1 saturated carbocycles. The lowest BCUT2D eigenvalue weighted by Crippen LogP contribution is -2.12. The van der Waals surface area contributed by atoms with E-state index in [0.717, 1.165) is 11.8 Å². The van der Waals surface area contributed by atoms with Gasteiger partial charge in [-0.1, -0.05) is 81.5 Å². The van der Waals surface area contributed by atoms with Gasteiger partial charge >= 0.3 is 0 Å². The van der Waals surface area contributed by atoms with E-state index in [2.05, 4.69) is 49.4 Å². The molecule has 1 fully saturated rings. The molecular weight excluding hydrogens is 240 g/mol. The lowest BCUT2D eigenvalue weighted by Gasteiger charge is -2.26. The van der Waals surface area contributed by atoms with E-state index in [1.54, 1.807) is 0 Å². The van der Waals surface area contributed by atoms with E-state index >= 15 is 0 Å². The molecule has 0 spiro atoms. The topological polar surface area (TPSA) is 0 Å². The normalized spacial score (nSPS) is 23.1. The Bertz CT molecular complexity index is 541. The van der Waals surface area contributed by atoms with Crippen LogP contribution in [0.4, 0.5) is 0 Å². The monoisotopic (exact) mass is 266 g/mol. The molecule has 1 aliphatic carbocycles. The van der Waals surface area contributed by atoms with Gasteiger partial charge in [0, 0.05) is 0 Å². The Hall–Kier alpha value is -1.30. The minimum atomic E-state index is 0.976. The van der Waals surface area contributed by atoms with Crippen LogP contribution in [0.25, 0.3) is 10.8 Å². The fourth-order valence-electron chi connectivity index (χ4n) is 3.71. The molecule has 0 nitrogen and oxygen atoms in total. The lowest BCUT2D eigenvalue weighted by molar-refractivity contribution is 0.274. The summed E-state index contributed by atoms with van der Waals surface area (Å²) in [4.78, 5) is 0. The molecule has 20 heavy (non-hydrogen) atoms. The molecule has 0 unspecified atom stereocenters. The Morgan fingerprint density at radius 3 is 2.50 bits per heavy atom. The highest BCUT2D eigenvalue weighted by Crippen LogP contribution is 2.31. The van der Waals surface area contributed by atoms with Crippen LogP contribution in [0.5, 0.6) is 0 Å². The second kappa shape index (κ2) is 6.43. The molecule has 0 atom stereocenters. The van der Waals surface area contributed by atoms with Crippen molar-refractivity contribution >= 4 is 10.8 Å². The van der Waals surface area contributed by atoms with Gasteiger partial charge in [0.05, 0.1) is 0 Å². The number of hydrogen-bond acceptors (Lipinski definition) is 0. The van der Waals surface area contributed by atoms with Crippen LogP contribution in [-0.2, 0) is 6.42 Å². The molecule has 106 valence electrons. The van der Waals surface area contributed by atoms with Gasteiger partial charge in [0.2, 0.25) is 0 Å². The van der Waals surface area contributed by atoms with E-state index in [4.69, 9.17) is 0 Å². The summed E-state index contributed by atoms with van der Waals surface area (Å²) < 4.78 is 0. The Kier molecular flexibility index (Phi) is 4.40. The zero-order valence-corrected chi connectivity index (χ0v) is 12.6. The first-order valence-electron chi connectivity index (χ1n) is 8.29. The molecule has 2 aromatic rings. The lowest BCUT2D eigenvalue weighted by atomic mass is 9.80. The molecule has 0 bridgehead atoms. The predicted molar refractivity (Wildman–Crippen MR) is 88.0 cm³/mol. The smallest absolute Gasteiger partial charge is 0.0152 e. The second-order valence-corrected chi connectivity index (χ2v) is 6.66. The molecular formula is C20H26. The molecule has 1 aliphatic rings. The van der Waals surface area contributed by atoms with Gasteiger partial charge in [-0.05, 0) is 41.0 Å². The largest absolute Gasteiger partial charge is 0.0625 e. The zero-order chi connectivity index (χ0) is 13.8. The van der Waals surface area contributed by atoms with Crippen molar-refractivity contribution < 1.29 is 0 Å². The summed E-state index contributed by atoms with van der Waals surface area (Å²) in [5.74, 6) is 1.98. The second-order valence-electron chi connectivity index (χ2n) is 6.66. The minimum absolute atomic E-state index is 0.976. The molecule has 0 N–H and O–H groups in total. The number of hydrogen-bond donors (Lipinski definition) is 0. The summed E-state index contributed by atoms with van der Waals surface area (Å²) in [5.41, 5.74) is 1.53. The van der Waals surface area contributed by atoms with Gasteiger partial charge in [-0.3, -0.25) is 0 Å². The molecule has 0 amide bonds. The molecule has 3 rings (SSSR count). The Morgan fingerprint density at radius 1 is 0.900 bits per heavy atom. The molecule has 0 aliphatic heterocycles. The summed E-state index contributed by atoms with van der Waals surface area (Å²) in [6.07, 6.45) is 9.88. The summed E-state index contributed by atoms with van der Waals surface area (Å²) in [6.45, 7) is 2.41. The van der Waals surface area contributed by atoms with Gasteiger partial charge in [-0.15, -0.1) is 0 Å². The van der Waals surface area contributed by atoms with Crippen LogP contribution < -0.4 is 0 Å². The fraction of sp³-hybridized carbons (Fsp3) is 0.500. The maximum Gasteiger partial charge on any atom is -0.0152 e. The highest BCUT2D eigenvalue weighted by molar-refractivity contribution is 5.85. The first-order valence-corrected chi connectivity index (χ1v) is 8.29. The van der Waals surface area contributed by atoms with Crippen LogP contribution in [0.2, 0.25) is 0 Å². The summed E-state index contributed by atoms with van der Waals surface area (Å²) in [6, 6.07) is 15.5. The van der Waals surface area contributed by atoms with E-state index in [0.29, 0.717) is 0 Å². The highest BCUT2D eigenvalue weighted by atomic mass is 14.2. The summed E-state index contributed by atoms with van der Waals surface area (Å²) in [5, 5.41) is 2.84. The number of rotatable bonds is 4. The molecule has 0 aromatic heterocycles. The SMILES string of the molecule is CC1CCC(CCCc2cccc3ccccc23)CC1. The average Bonchev–Trinajstić information content (AvgIpc) is 2.49. The van der Waals surface area contributed by atoms with Gasteiger partial charge in [-0.2, -0.15) is 0 Å². The first kappa shape index (κ1) is 13.7. The predicted octanol–water partition coefficient (Wildman–Crippen LogP) is 5.99. The van der Waals surface area contributed by atoms with Gasteiger partial charge < -0.3 is 0 Å². The van der Waals surface area contributed by atoms with Crippen LogP contribution in [0.15, 0.2) is 42.5 Å².